The second-order valence-electron chi connectivity index (χ2n) is 6.17. The summed E-state index contributed by atoms with van der Waals surface area (Å²) in [4.78, 5) is 4.10. The minimum absolute atomic E-state index is 0.0574. The van der Waals surface area contributed by atoms with Crippen LogP contribution in [0.15, 0.2) is 48.5 Å². The number of aliphatic hydroxyl groups excluding tert-OH is 1. The highest BCUT2D eigenvalue weighted by atomic mass is 16.3. The lowest BCUT2D eigenvalue weighted by Crippen LogP contribution is -2.39. The number of nitrogens with zero attached hydrogens (tertiary/aromatic N) is 4. The molecule has 1 N–H and O–H groups in total. The molecule has 0 bridgehead atoms. The molecule has 0 aliphatic carbocycles. The van der Waals surface area contributed by atoms with Gasteiger partial charge in [0.05, 0.1) is 0 Å². The first-order valence-electron chi connectivity index (χ1n) is 8.00. The number of aromatic nitrogens is 3. The first-order valence-corrected chi connectivity index (χ1v) is 8.00. The van der Waals surface area contributed by atoms with E-state index in [1.54, 1.807) is 0 Å². The second-order valence-corrected chi connectivity index (χ2v) is 6.17. The molecule has 0 saturated carbocycles. The monoisotopic (exact) mass is 308 g/mol. The Morgan fingerprint density at radius 1 is 1.04 bits per heavy atom. The number of hydrogen-bond donors (Lipinski definition) is 1. The van der Waals surface area contributed by atoms with E-state index in [2.05, 4.69) is 36.2 Å². The van der Waals surface area contributed by atoms with Gasteiger partial charge in [-0.3, -0.25) is 0 Å². The highest BCUT2D eigenvalue weighted by Gasteiger charge is 2.34. The molecule has 2 atom stereocenters. The summed E-state index contributed by atoms with van der Waals surface area (Å²) in [6.07, 6.45) is 0.737. The summed E-state index contributed by atoms with van der Waals surface area (Å²) < 4.78 is 0. The van der Waals surface area contributed by atoms with Gasteiger partial charge < -0.3 is 10.0 Å². The Bertz CT molecular complexity index is 796. The molecule has 0 saturated heterocycles. The van der Waals surface area contributed by atoms with Crippen molar-refractivity contribution in [3.63, 3.8) is 0 Å². The predicted molar refractivity (Wildman–Crippen MR) is 90.6 cm³/mol. The zero-order valence-corrected chi connectivity index (χ0v) is 13.1. The van der Waals surface area contributed by atoms with E-state index in [0.717, 1.165) is 24.0 Å². The van der Waals surface area contributed by atoms with E-state index in [9.17, 15) is 5.11 Å². The average molecular weight is 308 g/mol. The Labute approximate surface area is 135 Å². The maximum atomic E-state index is 9.49. The fraction of sp³-hybridized carbons (Fsp3) is 0.333. The first kappa shape index (κ1) is 14.2. The minimum Gasteiger partial charge on any atom is -0.396 e. The number of para-hydroxylation sites is 1. The molecule has 0 spiro atoms. The Balaban J connectivity index is 1.86. The normalized spacial score (nSPS) is 20.7. The van der Waals surface area contributed by atoms with Gasteiger partial charge in [-0.05, 0) is 24.6 Å². The molecular weight excluding hydrogens is 288 g/mol. The Hall–Kier alpha value is -2.40. The van der Waals surface area contributed by atoms with Crippen LogP contribution in [-0.4, -0.2) is 40.3 Å². The number of benzene rings is 2. The van der Waals surface area contributed by atoms with Gasteiger partial charge in [-0.25, -0.2) is 0 Å². The molecule has 5 nitrogen and oxygen atoms in total. The molecular formula is C18H20N4O. The standard InChI is InChI=1S/C18H20N4O/c1-21-12-13(10-11-23)18(14-6-2-5-9-17(14)21)22-19-15-7-3-4-8-16(15)20-22/h2-9,13,18,23H,10-12H2,1H3. The second kappa shape index (κ2) is 5.66. The zero-order valence-electron chi connectivity index (χ0n) is 13.1. The third-order valence-corrected chi connectivity index (χ3v) is 4.67. The predicted octanol–water partition coefficient (Wildman–Crippen LogP) is 2.47. The Morgan fingerprint density at radius 3 is 2.39 bits per heavy atom. The molecule has 5 heteroatoms. The van der Waals surface area contributed by atoms with Crippen LogP contribution in [0.3, 0.4) is 0 Å². The van der Waals surface area contributed by atoms with Crippen molar-refractivity contribution in [1.29, 1.82) is 0 Å². The number of anilines is 1. The molecule has 0 amide bonds. The lowest BCUT2D eigenvalue weighted by molar-refractivity contribution is 0.219. The molecule has 1 aliphatic rings. The number of rotatable bonds is 3. The quantitative estimate of drug-likeness (QED) is 0.807. The maximum absolute atomic E-state index is 9.49. The molecule has 1 aliphatic heterocycles. The highest BCUT2D eigenvalue weighted by Crippen LogP contribution is 2.39. The van der Waals surface area contributed by atoms with Gasteiger partial charge >= 0.3 is 0 Å². The number of hydrogen-bond acceptors (Lipinski definition) is 4. The lowest BCUT2D eigenvalue weighted by Gasteiger charge is -2.38. The first-order chi connectivity index (χ1) is 11.3. The van der Waals surface area contributed by atoms with E-state index >= 15 is 0 Å². The van der Waals surface area contributed by atoms with E-state index in [1.807, 2.05) is 29.1 Å². The maximum Gasteiger partial charge on any atom is 0.113 e. The van der Waals surface area contributed by atoms with Gasteiger partial charge in [-0.15, -0.1) is 0 Å². The molecule has 23 heavy (non-hydrogen) atoms. The van der Waals surface area contributed by atoms with Crippen LogP contribution in [-0.2, 0) is 0 Å². The van der Waals surface area contributed by atoms with Crippen LogP contribution in [0.25, 0.3) is 11.0 Å². The lowest BCUT2D eigenvalue weighted by atomic mass is 9.85. The highest BCUT2D eigenvalue weighted by molar-refractivity contribution is 5.73. The topological polar surface area (TPSA) is 54.2 Å². The SMILES string of the molecule is CN1CC(CCO)C(n2nc3ccccc3n2)c2ccccc21. The summed E-state index contributed by atoms with van der Waals surface area (Å²) in [5.74, 6) is 0.279. The molecule has 3 aromatic rings. The van der Waals surface area contributed by atoms with Crippen LogP contribution in [0.4, 0.5) is 5.69 Å². The van der Waals surface area contributed by atoms with Crippen molar-refractivity contribution in [2.45, 2.75) is 12.5 Å². The summed E-state index contributed by atoms with van der Waals surface area (Å²) >= 11 is 0. The van der Waals surface area contributed by atoms with Gasteiger partial charge in [0, 0.05) is 37.4 Å². The van der Waals surface area contributed by atoms with E-state index in [0.29, 0.717) is 0 Å². The molecule has 118 valence electrons. The summed E-state index contributed by atoms with van der Waals surface area (Å²) in [7, 11) is 2.10. The molecule has 2 unspecified atom stereocenters. The third-order valence-electron chi connectivity index (χ3n) is 4.67. The largest absolute Gasteiger partial charge is 0.396 e. The van der Waals surface area contributed by atoms with E-state index in [4.69, 9.17) is 10.2 Å². The van der Waals surface area contributed by atoms with Crippen LogP contribution in [0.1, 0.15) is 18.0 Å². The van der Waals surface area contributed by atoms with Gasteiger partial charge in [0.2, 0.25) is 0 Å². The number of aliphatic hydroxyl groups is 1. The third kappa shape index (κ3) is 2.37. The van der Waals surface area contributed by atoms with Gasteiger partial charge in [0.1, 0.15) is 17.1 Å². The molecule has 0 radical (unpaired) electrons. The van der Waals surface area contributed by atoms with Crippen molar-refractivity contribution in [1.82, 2.24) is 15.0 Å². The van der Waals surface area contributed by atoms with E-state index < -0.39 is 0 Å². The van der Waals surface area contributed by atoms with Gasteiger partial charge in [-0.1, -0.05) is 30.3 Å². The van der Waals surface area contributed by atoms with Crippen molar-refractivity contribution in [2.24, 2.45) is 5.92 Å². The van der Waals surface area contributed by atoms with Crippen molar-refractivity contribution in [3.8, 4) is 0 Å². The van der Waals surface area contributed by atoms with Crippen molar-refractivity contribution < 1.29 is 5.11 Å². The van der Waals surface area contributed by atoms with Crippen molar-refractivity contribution >= 4 is 16.7 Å². The Kier molecular flexibility index (Phi) is 3.50. The fourth-order valence-corrected chi connectivity index (χ4v) is 3.62. The molecule has 1 aromatic heterocycles. The van der Waals surface area contributed by atoms with Gasteiger partial charge in [0.25, 0.3) is 0 Å². The van der Waals surface area contributed by atoms with Crippen molar-refractivity contribution in [2.75, 3.05) is 25.1 Å². The van der Waals surface area contributed by atoms with E-state index in [-0.39, 0.29) is 18.6 Å². The van der Waals surface area contributed by atoms with Gasteiger partial charge in [-0.2, -0.15) is 15.0 Å². The number of fused-ring (bicyclic) bond motifs is 2. The van der Waals surface area contributed by atoms with Gasteiger partial charge in [0.15, 0.2) is 0 Å². The van der Waals surface area contributed by atoms with Crippen LogP contribution in [0, 0.1) is 5.92 Å². The zero-order chi connectivity index (χ0) is 15.8. The fourth-order valence-electron chi connectivity index (χ4n) is 3.62. The molecule has 0 fully saturated rings. The van der Waals surface area contributed by atoms with Crippen LogP contribution >= 0.6 is 0 Å². The van der Waals surface area contributed by atoms with E-state index in [1.165, 1.54) is 11.3 Å². The summed E-state index contributed by atoms with van der Waals surface area (Å²) in [6, 6.07) is 16.4. The smallest absolute Gasteiger partial charge is 0.113 e. The molecule has 4 rings (SSSR count). The van der Waals surface area contributed by atoms with Crippen LogP contribution in [0.5, 0.6) is 0 Å². The average Bonchev–Trinajstić information content (AvgIpc) is 2.99. The minimum atomic E-state index is 0.0574. The Morgan fingerprint density at radius 2 is 1.70 bits per heavy atom. The molecule has 2 heterocycles. The molecule has 2 aromatic carbocycles. The van der Waals surface area contributed by atoms with Crippen LogP contribution < -0.4 is 4.90 Å². The summed E-state index contributed by atoms with van der Waals surface area (Å²) in [6.45, 7) is 1.07. The summed E-state index contributed by atoms with van der Waals surface area (Å²) in [5, 5.41) is 18.9. The van der Waals surface area contributed by atoms with Crippen molar-refractivity contribution in [3.05, 3.63) is 54.1 Å². The summed E-state index contributed by atoms with van der Waals surface area (Å²) in [5.41, 5.74) is 4.26. The van der Waals surface area contributed by atoms with Crippen LogP contribution in [0.2, 0.25) is 0 Å².